The Hall–Kier alpha value is -0.370. The van der Waals surface area contributed by atoms with Crippen molar-refractivity contribution in [2.45, 2.75) is 25.9 Å². The van der Waals surface area contributed by atoms with E-state index in [2.05, 4.69) is 0 Å². The van der Waals surface area contributed by atoms with E-state index in [0.29, 0.717) is 6.10 Å². The van der Waals surface area contributed by atoms with Crippen molar-refractivity contribution in [1.82, 2.24) is 0 Å². The third kappa shape index (κ3) is 2.61. The van der Waals surface area contributed by atoms with Gasteiger partial charge >= 0.3 is 0 Å². The quantitative estimate of drug-likeness (QED) is 0.417. The average molecular weight is 128 g/mol. The van der Waals surface area contributed by atoms with Gasteiger partial charge in [0.1, 0.15) is 6.29 Å². The molecule has 0 amide bonds. The van der Waals surface area contributed by atoms with Crippen LogP contribution in [-0.4, -0.2) is 19.0 Å². The van der Waals surface area contributed by atoms with Crippen LogP contribution in [0, 0.1) is 5.92 Å². The number of hydrogen-bond acceptors (Lipinski definition) is 2. The summed E-state index contributed by atoms with van der Waals surface area (Å²) in [6, 6.07) is 0. The summed E-state index contributed by atoms with van der Waals surface area (Å²) in [7, 11) is 0. The normalized spacial score (nSPS) is 27.4. The van der Waals surface area contributed by atoms with E-state index in [0.717, 1.165) is 25.7 Å². The summed E-state index contributed by atoms with van der Waals surface area (Å²) in [6.45, 7) is 2.85. The topological polar surface area (TPSA) is 29.6 Å². The molecule has 0 radical (unpaired) electrons. The Bertz CT molecular complexity index is 97.1. The molecule has 1 rings (SSSR count). The second-order valence-corrected chi connectivity index (χ2v) is 2.65. The average Bonchev–Trinajstić information content (AvgIpc) is 2.65. The zero-order chi connectivity index (χ0) is 6.69. The zero-order valence-electron chi connectivity index (χ0n) is 5.67. The first-order valence-electron chi connectivity index (χ1n) is 3.40. The number of aldehydes is 1. The fourth-order valence-electron chi connectivity index (χ4n) is 0.752. The molecule has 2 nitrogen and oxygen atoms in total. The Morgan fingerprint density at radius 3 is 3.00 bits per heavy atom. The minimum Gasteiger partial charge on any atom is -0.373 e. The number of epoxide rings is 1. The van der Waals surface area contributed by atoms with Gasteiger partial charge in [0.15, 0.2) is 0 Å². The molecule has 9 heavy (non-hydrogen) atoms. The van der Waals surface area contributed by atoms with Crippen molar-refractivity contribution in [3.63, 3.8) is 0 Å². The van der Waals surface area contributed by atoms with Crippen molar-refractivity contribution in [3.8, 4) is 0 Å². The van der Waals surface area contributed by atoms with Crippen molar-refractivity contribution >= 4 is 6.29 Å². The highest BCUT2D eigenvalue weighted by Crippen LogP contribution is 2.17. The van der Waals surface area contributed by atoms with Crippen LogP contribution in [0.15, 0.2) is 0 Å². The molecule has 0 N–H and O–H groups in total. The number of carbonyl (C=O) groups excluding carboxylic acids is 1. The molecule has 2 heteroatoms. The lowest BCUT2D eigenvalue weighted by molar-refractivity contribution is -0.110. The van der Waals surface area contributed by atoms with E-state index in [9.17, 15) is 4.79 Å². The van der Waals surface area contributed by atoms with Gasteiger partial charge in [-0.25, -0.2) is 0 Å². The van der Waals surface area contributed by atoms with E-state index in [4.69, 9.17) is 4.74 Å². The van der Waals surface area contributed by atoms with E-state index in [1.165, 1.54) is 0 Å². The maximum atomic E-state index is 10.1. The van der Waals surface area contributed by atoms with Gasteiger partial charge in [0.05, 0.1) is 12.7 Å². The monoisotopic (exact) mass is 128 g/mol. The molecule has 0 aromatic heterocycles. The molecule has 1 heterocycles. The summed E-state index contributed by atoms with van der Waals surface area (Å²) >= 11 is 0. The Kier molecular flexibility index (Phi) is 2.22. The molecule has 2 atom stereocenters. The van der Waals surface area contributed by atoms with Crippen LogP contribution in [0.2, 0.25) is 0 Å². The first-order valence-corrected chi connectivity index (χ1v) is 3.40. The highest BCUT2D eigenvalue weighted by molar-refractivity contribution is 5.52. The highest BCUT2D eigenvalue weighted by Gasteiger charge is 2.22. The van der Waals surface area contributed by atoms with Crippen molar-refractivity contribution < 1.29 is 9.53 Å². The van der Waals surface area contributed by atoms with Crippen LogP contribution in [0.3, 0.4) is 0 Å². The molecule has 1 aliphatic heterocycles. The fraction of sp³-hybridized carbons (Fsp3) is 0.857. The largest absolute Gasteiger partial charge is 0.373 e. The molecule has 0 bridgehead atoms. The smallest absolute Gasteiger partial charge is 0.122 e. The van der Waals surface area contributed by atoms with Crippen LogP contribution in [0.5, 0.6) is 0 Å². The van der Waals surface area contributed by atoms with Gasteiger partial charge in [0.25, 0.3) is 0 Å². The van der Waals surface area contributed by atoms with Gasteiger partial charge < -0.3 is 9.53 Å². The first-order chi connectivity index (χ1) is 4.33. The van der Waals surface area contributed by atoms with Crippen LogP contribution in [-0.2, 0) is 9.53 Å². The van der Waals surface area contributed by atoms with Crippen LogP contribution in [0.25, 0.3) is 0 Å². The van der Waals surface area contributed by atoms with Crippen molar-refractivity contribution in [3.05, 3.63) is 0 Å². The van der Waals surface area contributed by atoms with Gasteiger partial charge in [-0.1, -0.05) is 6.92 Å². The number of hydrogen-bond donors (Lipinski definition) is 0. The van der Waals surface area contributed by atoms with Crippen LogP contribution < -0.4 is 0 Å². The number of rotatable bonds is 4. The second-order valence-electron chi connectivity index (χ2n) is 2.65. The minimum atomic E-state index is 0.217. The first kappa shape index (κ1) is 6.75. The van der Waals surface area contributed by atoms with E-state index in [-0.39, 0.29) is 5.92 Å². The predicted octanol–water partition coefficient (Wildman–Crippen LogP) is 1.00. The maximum Gasteiger partial charge on any atom is 0.122 e. The summed E-state index contributed by atoms with van der Waals surface area (Å²) in [5, 5.41) is 0. The third-order valence-corrected chi connectivity index (χ3v) is 1.58. The van der Waals surface area contributed by atoms with Crippen LogP contribution >= 0.6 is 0 Å². The van der Waals surface area contributed by atoms with E-state index in [1.54, 1.807) is 0 Å². The van der Waals surface area contributed by atoms with Crippen molar-refractivity contribution in [2.24, 2.45) is 5.92 Å². The lowest BCUT2D eigenvalue weighted by Gasteiger charge is -1.97. The van der Waals surface area contributed by atoms with Crippen LogP contribution in [0.1, 0.15) is 19.8 Å². The Morgan fingerprint density at radius 1 is 1.89 bits per heavy atom. The summed E-state index contributed by atoms with van der Waals surface area (Å²) in [5.41, 5.74) is 0. The lowest BCUT2D eigenvalue weighted by atomic mass is 10.1. The number of ether oxygens (including phenoxy) is 1. The van der Waals surface area contributed by atoms with E-state index < -0.39 is 0 Å². The molecule has 0 aromatic rings. The molecular formula is C7H12O2. The summed E-state index contributed by atoms with van der Waals surface area (Å²) in [6.07, 6.45) is 3.52. The molecule has 1 aliphatic rings. The Morgan fingerprint density at radius 2 is 2.56 bits per heavy atom. The van der Waals surface area contributed by atoms with Gasteiger partial charge in [0.2, 0.25) is 0 Å². The number of carbonyl (C=O) groups is 1. The fourth-order valence-corrected chi connectivity index (χ4v) is 0.752. The maximum absolute atomic E-state index is 10.1. The van der Waals surface area contributed by atoms with Gasteiger partial charge in [-0.15, -0.1) is 0 Å². The van der Waals surface area contributed by atoms with Gasteiger partial charge in [0, 0.05) is 5.92 Å². The summed E-state index contributed by atoms with van der Waals surface area (Å²) in [5.74, 6) is 0.217. The Labute approximate surface area is 55.2 Å². The lowest BCUT2D eigenvalue weighted by Crippen LogP contribution is -1.97. The summed E-state index contributed by atoms with van der Waals surface area (Å²) in [4.78, 5) is 10.1. The molecule has 52 valence electrons. The van der Waals surface area contributed by atoms with Crippen LogP contribution in [0.4, 0.5) is 0 Å². The SMILES string of the molecule is CC(C=O)CCC1CO1. The minimum absolute atomic E-state index is 0.217. The summed E-state index contributed by atoms with van der Waals surface area (Å²) < 4.78 is 4.99. The molecule has 0 aromatic carbocycles. The molecule has 0 spiro atoms. The molecular weight excluding hydrogens is 116 g/mol. The third-order valence-electron chi connectivity index (χ3n) is 1.58. The Balaban J connectivity index is 1.95. The highest BCUT2D eigenvalue weighted by atomic mass is 16.6. The van der Waals surface area contributed by atoms with Gasteiger partial charge in [-0.3, -0.25) is 0 Å². The molecule has 1 fully saturated rings. The van der Waals surface area contributed by atoms with Crippen molar-refractivity contribution in [1.29, 1.82) is 0 Å². The molecule has 2 unspecified atom stereocenters. The van der Waals surface area contributed by atoms with E-state index >= 15 is 0 Å². The zero-order valence-corrected chi connectivity index (χ0v) is 5.67. The predicted molar refractivity (Wildman–Crippen MR) is 34.2 cm³/mol. The second kappa shape index (κ2) is 2.97. The van der Waals surface area contributed by atoms with Gasteiger partial charge in [-0.05, 0) is 12.8 Å². The van der Waals surface area contributed by atoms with Gasteiger partial charge in [-0.2, -0.15) is 0 Å². The molecule has 1 saturated heterocycles. The molecule has 0 saturated carbocycles. The van der Waals surface area contributed by atoms with Crippen molar-refractivity contribution in [2.75, 3.05) is 6.61 Å². The standard InChI is InChI=1S/C7H12O2/c1-6(4-8)2-3-7-5-9-7/h4,6-7H,2-3,5H2,1H3. The molecule has 0 aliphatic carbocycles. The van der Waals surface area contributed by atoms with E-state index in [1.807, 2.05) is 6.92 Å².